The predicted molar refractivity (Wildman–Crippen MR) is 92.1 cm³/mol. The van der Waals surface area contributed by atoms with Crippen LogP contribution in [0.2, 0.25) is 0 Å². The number of hydrogen-bond donors (Lipinski definition) is 0. The Labute approximate surface area is 139 Å². The average molecular weight is 344 g/mol. The summed E-state index contributed by atoms with van der Waals surface area (Å²) in [7, 11) is -3.46. The Morgan fingerprint density at radius 3 is 2.52 bits per heavy atom. The normalized spacial score (nSPS) is 11.5. The van der Waals surface area contributed by atoms with Crippen LogP contribution in [-0.2, 0) is 22.0 Å². The molecule has 2 heterocycles. The van der Waals surface area contributed by atoms with E-state index in [2.05, 4.69) is 29.0 Å². The Kier molecular flexibility index (Phi) is 4.54. The molecule has 0 aliphatic carbocycles. The molecule has 0 bridgehead atoms. The minimum absolute atomic E-state index is 0.0850. The molecule has 0 spiro atoms. The predicted octanol–water partition coefficient (Wildman–Crippen LogP) is 3.74. The van der Waals surface area contributed by atoms with Crippen molar-refractivity contribution in [3.8, 4) is 10.6 Å². The molecular formula is C17H16N2O2S2. The van der Waals surface area contributed by atoms with Gasteiger partial charge in [-0.3, -0.25) is 0 Å². The Bertz CT molecular complexity index is 886. The van der Waals surface area contributed by atoms with E-state index in [9.17, 15) is 8.42 Å². The van der Waals surface area contributed by atoms with Crippen LogP contribution in [0.5, 0.6) is 0 Å². The highest BCUT2D eigenvalue weighted by molar-refractivity contribution is 7.90. The smallest absolute Gasteiger partial charge is 0.201 e. The molecular weight excluding hydrogens is 328 g/mol. The van der Waals surface area contributed by atoms with E-state index >= 15 is 0 Å². The minimum atomic E-state index is -3.46. The summed E-state index contributed by atoms with van der Waals surface area (Å²) in [6.07, 6.45) is 2.47. The summed E-state index contributed by atoms with van der Waals surface area (Å²) in [5.41, 5.74) is 2.83. The first-order chi connectivity index (χ1) is 11.1. The van der Waals surface area contributed by atoms with Gasteiger partial charge in [0, 0.05) is 17.1 Å². The highest BCUT2D eigenvalue weighted by Crippen LogP contribution is 2.25. The van der Waals surface area contributed by atoms with E-state index in [4.69, 9.17) is 0 Å². The summed E-state index contributed by atoms with van der Waals surface area (Å²) < 4.78 is 24.7. The van der Waals surface area contributed by atoms with Crippen molar-refractivity contribution in [2.45, 2.75) is 24.1 Å². The number of rotatable bonds is 5. The molecule has 23 heavy (non-hydrogen) atoms. The third-order valence-corrected chi connectivity index (χ3v) is 5.95. The van der Waals surface area contributed by atoms with Crippen LogP contribution in [0.25, 0.3) is 10.6 Å². The quantitative estimate of drug-likeness (QED) is 0.707. The Hall–Kier alpha value is -2.05. The molecule has 0 aliphatic rings. The first kappa shape index (κ1) is 15.8. The van der Waals surface area contributed by atoms with Crippen molar-refractivity contribution in [3.63, 3.8) is 0 Å². The maximum absolute atomic E-state index is 12.3. The molecule has 0 saturated heterocycles. The van der Waals surface area contributed by atoms with Gasteiger partial charge in [-0.25, -0.2) is 18.4 Å². The van der Waals surface area contributed by atoms with E-state index in [1.54, 1.807) is 17.5 Å². The second-order valence-corrected chi connectivity index (χ2v) is 7.92. The zero-order valence-corrected chi connectivity index (χ0v) is 14.3. The molecule has 3 aromatic rings. The van der Waals surface area contributed by atoms with E-state index in [1.807, 2.05) is 12.1 Å². The molecule has 0 saturated carbocycles. The van der Waals surface area contributed by atoms with Gasteiger partial charge < -0.3 is 0 Å². The number of aromatic nitrogens is 2. The van der Waals surface area contributed by atoms with E-state index < -0.39 is 9.84 Å². The molecule has 6 heteroatoms. The van der Waals surface area contributed by atoms with Crippen LogP contribution < -0.4 is 0 Å². The van der Waals surface area contributed by atoms with Crippen molar-refractivity contribution < 1.29 is 8.42 Å². The second-order valence-electron chi connectivity index (χ2n) is 5.12. The Morgan fingerprint density at radius 2 is 1.87 bits per heavy atom. The van der Waals surface area contributed by atoms with Gasteiger partial charge in [0.1, 0.15) is 5.01 Å². The maximum atomic E-state index is 12.3. The van der Waals surface area contributed by atoms with Crippen molar-refractivity contribution in [1.29, 1.82) is 0 Å². The van der Waals surface area contributed by atoms with Gasteiger partial charge in [0.2, 0.25) is 9.84 Å². The van der Waals surface area contributed by atoms with Gasteiger partial charge in [-0.1, -0.05) is 37.3 Å². The van der Waals surface area contributed by atoms with Crippen LogP contribution in [0.3, 0.4) is 0 Å². The standard InChI is InChI=1S/C17H16N2O2S2/c1-2-13-6-8-14(9-7-13)17-19-15(11-22-17)12-23(20,21)16-5-3-4-10-18-16/h3-11H,2,12H2,1H3. The number of pyridine rings is 1. The van der Waals surface area contributed by atoms with Crippen molar-refractivity contribution in [3.05, 3.63) is 65.3 Å². The zero-order valence-electron chi connectivity index (χ0n) is 12.6. The molecule has 4 nitrogen and oxygen atoms in total. The number of aryl methyl sites for hydroxylation is 1. The summed E-state index contributed by atoms with van der Waals surface area (Å²) in [4.78, 5) is 8.38. The monoisotopic (exact) mass is 344 g/mol. The van der Waals surface area contributed by atoms with Crippen LogP contribution >= 0.6 is 11.3 Å². The molecule has 0 atom stereocenters. The number of sulfone groups is 1. The van der Waals surface area contributed by atoms with Crippen LogP contribution in [0.1, 0.15) is 18.2 Å². The molecule has 2 aromatic heterocycles. The van der Waals surface area contributed by atoms with E-state index in [0.717, 1.165) is 17.0 Å². The molecule has 0 unspecified atom stereocenters. The van der Waals surface area contributed by atoms with Gasteiger partial charge in [0.15, 0.2) is 5.03 Å². The van der Waals surface area contributed by atoms with Crippen LogP contribution in [0.15, 0.2) is 59.1 Å². The third kappa shape index (κ3) is 3.65. The zero-order chi connectivity index (χ0) is 16.3. The number of hydrogen-bond acceptors (Lipinski definition) is 5. The van der Waals surface area contributed by atoms with Crippen molar-refractivity contribution in [2.24, 2.45) is 0 Å². The lowest BCUT2D eigenvalue weighted by molar-refractivity contribution is 0.591. The van der Waals surface area contributed by atoms with Crippen LogP contribution in [0, 0.1) is 0 Å². The van der Waals surface area contributed by atoms with Crippen LogP contribution in [0.4, 0.5) is 0 Å². The lowest BCUT2D eigenvalue weighted by Gasteiger charge is -2.01. The first-order valence-electron chi connectivity index (χ1n) is 7.26. The summed E-state index contributed by atoms with van der Waals surface area (Å²) in [5.74, 6) is -0.131. The molecule has 0 fully saturated rings. The van der Waals surface area contributed by atoms with Crippen molar-refractivity contribution >= 4 is 21.2 Å². The highest BCUT2D eigenvalue weighted by atomic mass is 32.2. The first-order valence-corrected chi connectivity index (χ1v) is 9.79. The van der Waals surface area contributed by atoms with Gasteiger partial charge in [0.05, 0.1) is 11.4 Å². The number of nitrogens with zero attached hydrogens (tertiary/aromatic N) is 2. The fourth-order valence-electron chi connectivity index (χ4n) is 2.19. The highest BCUT2D eigenvalue weighted by Gasteiger charge is 2.18. The van der Waals surface area contributed by atoms with E-state index in [-0.39, 0.29) is 10.8 Å². The lowest BCUT2D eigenvalue weighted by atomic mass is 10.1. The van der Waals surface area contributed by atoms with Gasteiger partial charge >= 0.3 is 0 Å². The Balaban J connectivity index is 1.82. The largest absolute Gasteiger partial charge is 0.245 e. The maximum Gasteiger partial charge on any atom is 0.201 e. The average Bonchev–Trinajstić information content (AvgIpc) is 3.03. The molecule has 0 radical (unpaired) electrons. The molecule has 1 aromatic carbocycles. The third-order valence-electron chi connectivity index (χ3n) is 3.46. The van der Waals surface area contributed by atoms with Gasteiger partial charge in [-0.05, 0) is 24.1 Å². The molecule has 3 rings (SSSR count). The second kappa shape index (κ2) is 6.60. The van der Waals surface area contributed by atoms with E-state index in [1.165, 1.54) is 29.2 Å². The topological polar surface area (TPSA) is 59.9 Å². The fourth-order valence-corrected chi connectivity index (χ4v) is 4.31. The summed E-state index contributed by atoms with van der Waals surface area (Å²) in [6.45, 7) is 2.11. The summed E-state index contributed by atoms with van der Waals surface area (Å²) >= 11 is 1.46. The van der Waals surface area contributed by atoms with Gasteiger partial charge in [-0.15, -0.1) is 11.3 Å². The van der Waals surface area contributed by atoms with Gasteiger partial charge in [-0.2, -0.15) is 0 Å². The SMILES string of the molecule is CCc1ccc(-c2nc(CS(=O)(=O)c3ccccn3)cs2)cc1. The fraction of sp³-hybridized carbons (Fsp3) is 0.176. The molecule has 0 N–H and O–H groups in total. The minimum Gasteiger partial charge on any atom is -0.245 e. The summed E-state index contributed by atoms with van der Waals surface area (Å²) in [6, 6.07) is 13.1. The van der Waals surface area contributed by atoms with Gasteiger partial charge in [0.25, 0.3) is 0 Å². The number of thiazole rings is 1. The number of benzene rings is 1. The van der Waals surface area contributed by atoms with E-state index in [0.29, 0.717) is 5.69 Å². The molecule has 0 aliphatic heterocycles. The van der Waals surface area contributed by atoms with Crippen molar-refractivity contribution in [1.82, 2.24) is 9.97 Å². The van der Waals surface area contributed by atoms with Crippen molar-refractivity contribution in [2.75, 3.05) is 0 Å². The molecule has 0 amide bonds. The molecule has 118 valence electrons. The summed E-state index contributed by atoms with van der Waals surface area (Å²) in [5, 5.41) is 2.71. The van der Waals surface area contributed by atoms with Crippen LogP contribution in [-0.4, -0.2) is 18.4 Å². The Morgan fingerprint density at radius 1 is 1.09 bits per heavy atom. The lowest BCUT2D eigenvalue weighted by Crippen LogP contribution is -2.06.